The van der Waals surface area contributed by atoms with Crippen LogP contribution in [0.15, 0.2) is 66.5 Å². The smallest absolute Gasteiger partial charge is 0.408 e. The number of aliphatic hydroxyl groups is 1. The Morgan fingerprint density at radius 2 is 1.79 bits per heavy atom. The number of carbonyl (C=O) groups is 3. The molecular formula is C32H39N5O5. The third-order valence-electron chi connectivity index (χ3n) is 7.02. The molecule has 1 unspecified atom stereocenters. The Bertz CT molecular complexity index is 1480. The number of ketones is 1. The van der Waals surface area contributed by atoms with Gasteiger partial charge in [0.1, 0.15) is 17.9 Å². The van der Waals surface area contributed by atoms with Gasteiger partial charge in [0.25, 0.3) is 0 Å². The van der Waals surface area contributed by atoms with Gasteiger partial charge < -0.3 is 30.8 Å². The average Bonchev–Trinajstić information content (AvgIpc) is 3.87. The van der Waals surface area contributed by atoms with Crippen molar-refractivity contribution in [2.24, 2.45) is 0 Å². The number of hydrogen-bond donors (Lipinski definition) is 6. The average molecular weight is 574 g/mol. The predicted molar refractivity (Wildman–Crippen MR) is 161 cm³/mol. The van der Waals surface area contributed by atoms with Gasteiger partial charge in [-0.3, -0.25) is 14.9 Å². The fourth-order valence-electron chi connectivity index (χ4n) is 4.61. The number of alkyl carbamates (subject to hydrolysis) is 1. The van der Waals surface area contributed by atoms with Crippen molar-refractivity contribution in [3.8, 4) is 0 Å². The molecule has 6 N–H and O–H groups in total. The lowest BCUT2D eigenvalue weighted by Gasteiger charge is -2.23. The van der Waals surface area contributed by atoms with Gasteiger partial charge in [-0.15, -0.1) is 0 Å². The van der Waals surface area contributed by atoms with Crippen LogP contribution in [0.4, 0.5) is 10.5 Å². The number of ether oxygens (including phenoxy) is 1. The van der Waals surface area contributed by atoms with E-state index in [0.29, 0.717) is 16.9 Å². The molecule has 2 atom stereocenters. The van der Waals surface area contributed by atoms with Crippen LogP contribution in [0.3, 0.4) is 0 Å². The molecule has 3 aromatic rings. The Balaban J connectivity index is 1.32. The zero-order valence-electron chi connectivity index (χ0n) is 24.2. The van der Waals surface area contributed by atoms with E-state index in [9.17, 15) is 19.5 Å². The van der Waals surface area contributed by atoms with Gasteiger partial charge in [-0.05, 0) is 70.2 Å². The Labute approximate surface area is 245 Å². The Hall–Kier alpha value is -4.15. The first-order chi connectivity index (χ1) is 20.0. The van der Waals surface area contributed by atoms with E-state index in [0.717, 1.165) is 42.1 Å². The summed E-state index contributed by atoms with van der Waals surface area (Å²) in [5, 5.41) is 23.5. The number of benzene rings is 2. The Morgan fingerprint density at radius 3 is 2.50 bits per heavy atom. The van der Waals surface area contributed by atoms with Crippen molar-refractivity contribution in [2.45, 2.75) is 82.8 Å². The minimum atomic E-state index is -0.950. The zero-order chi connectivity index (χ0) is 29.9. The summed E-state index contributed by atoms with van der Waals surface area (Å²) in [6.07, 6.45) is 5.83. The fourth-order valence-corrected chi connectivity index (χ4v) is 4.61. The molecule has 42 heavy (non-hydrogen) atoms. The molecule has 0 saturated heterocycles. The number of aliphatic hydroxyl groups excluding tert-OH is 1. The van der Waals surface area contributed by atoms with E-state index in [4.69, 9.17) is 4.74 Å². The number of aromatic amines is 1. The molecule has 0 radical (unpaired) electrons. The van der Waals surface area contributed by atoms with E-state index in [1.807, 2.05) is 30.5 Å². The van der Waals surface area contributed by atoms with Crippen molar-refractivity contribution in [1.82, 2.24) is 20.9 Å². The molecule has 2 saturated carbocycles. The molecule has 1 heterocycles. The fraction of sp³-hybridized carbons (Fsp3) is 0.406. The second kappa shape index (κ2) is 12.4. The second-order valence-corrected chi connectivity index (χ2v) is 12.1. The summed E-state index contributed by atoms with van der Waals surface area (Å²) >= 11 is 0. The minimum absolute atomic E-state index is 0.221. The standard InChI is InChI=1S/C32H39N5O5/c1-32(2,3)42-31(41)37-26(16-20-18-33-25-10-5-4-9-24(20)25)29(39)36-23-8-6-7-19(15-23)28(38)17-27(34-21-11-12-21)30(40)35-22-13-14-22/h4-10,15,17-18,21-22,26,30,33-35,40H,11-14,16H2,1-3H3,(H,36,39)(H,37,41)/b27-17+/t26-,30?/m0/s1. The summed E-state index contributed by atoms with van der Waals surface area (Å²) in [7, 11) is 0. The summed E-state index contributed by atoms with van der Waals surface area (Å²) < 4.78 is 5.42. The van der Waals surface area contributed by atoms with Gasteiger partial charge in [0.2, 0.25) is 5.91 Å². The summed E-state index contributed by atoms with van der Waals surface area (Å²) in [5.41, 5.74) is 2.27. The van der Waals surface area contributed by atoms with E-state index < -0.39 is 29.9 Å². The van der Waals surface area contributed by atoms with Crippen molar-refractivity contribution < 1.29 is 24.2 Å². The monoisotopic (exact) mass is 573 g/mol. The first-order valence-electron chi connectivity index (χ1n) is 14.5. The van der Waals surface area contributed by atoms with Gasteiger partial charge in [-0.1, -0.05) is 30.3 Å². The topological polar surface area (TPSA) is 145 Å². The highest BCUT2D eigenvalue weighted by atomic mass is 16.6. The minimum Gasteiger partial charge on any atom is -0.444 e. The molecule has 5 rings (SSSR count). The van der Waals surface area contributed by atoms with Crippen molar-refractivity contribution in [2.75, 3.05) is 5.32 Å². The molecule has 0 bridgehead atoms. The number of nitrogens with one attached hydrogen (secondary N) is 5. The largest absolute Gasteiger partial charge is 0.444 e. The molecule has 1 aromatic heterocycles. The van der Waals surface area contributed by atoms with Crippen molar-refractivity contribution in [3.63, 3.8) is 0 Å². The number of hydrogen-bond acceptors (Lipinski definition) is 7. The lowest BCUT2D eigenvalue weighted by molar-refractivity contribution is -0.118. The number of fused-ring (bicyclic) bond motifs is 1. The van der Waals surface area contributed by atoms with Crippen LogP contribution >= 0.6 is 0 Å². The molecule has 2 amide bonds. The Kier molecular flexibility index (Phi) is 8.65. The second-order valence-electron chi connectivity index (χ2n) is 12.1. The maximum absolute atomic E-state index is 13.5. The third kappa shape index (κ3) is 8.20. The normalized spacial score (nSPS) is 16.9. The molecule has 10 nitrogen and oxygen atoms in total. The summed E-state index contributed by atoms with van der Waals surface area (Å²) in [5.74, 6) is -0.750. The number of para-hydroxylation sites is 1. The lowest BCUT2D eigenvalue weighted by Crippen LogP contribution is -2.47. The summed E-state index contributed by atoms with van der Waals surface area (Å²) in [6.45, 7) is 5.26. The van der Waals surface area contributed by atoms with Gasteiger partial charge in [0.15, 0.2) is 5.78 Å². The molecule has 0 spiro atoms. The molecule has 2 aromatic carbocycles. The predicted octanol–water partition coefficient (Wildman–Crippen LogP) is 4.13. The van der Waals surface area contributed by atoms with E-state index in [-0.39, 0.29) is 24.3 Å². The van der Waals surface area contributed by atoms with Crippen LogP contribution in [0, 0.1) is 0 Å². The van der Waals surface area contributed by atoms with Gasteiger partial charge >= 0.3 is 6.09 Å². The van der Waals surface area contributed by atoms with Crippen LogP contribution < -0.4 is 21.3 Å². The van der Waals surface area contributed by atoms with Gasteiger partial charge in [0.05, 0.1) is 5.70 Å². The van der Waals surface area contributed by atoms with Crippen molar-refractivity contribution >= 4 is 34.4 Å². The number of allylic oxidation sites excluding steroid dienone is 1. The lowest BCUT2D eigenvalue weighted by atomic mass is 10.0. The molecule has 2 aliphatic carbocycles. The van der Waals surface area contributed by atoms with Gasteiger partial charge in [-0.2, -0.15) is 0 Å². The van der Waals surface area contributed by atoms with Crippen molar-refractivity contribution in [3.05, 3.63) is 77.6 Å². The number of amides is 2. The van der Waals surface area contributed by atoms with Crippen LogP contribution in [0.1, 0.15) is 62.4 Å². The number of anilines is 1. The van der Waals surface area contributed by atoms with Crippen LogP contribution in [-0.2, 0) is 16.0 Å². The van der Waals surface area contributed by atoms with Crippen molar-refractivity contribution in [1.29, 1.82) is 0 Å². The highest BCUT2D eigenvalue weighted by Crippen LogP contribution is 2.24. The van der Waals surface area contributed by atoms with Gasteiger partial charge in [0, 0.05) is 52.9 Å². The SMILES string of the molecule is CC(C)(C)OC(=O)N[C@@H](Cc1c[nH]c2ccccc12)C(=O)Nc1cccc(C(=O)/C=C(/NC2CC2)C(O)NC2CC2)c1. The quantitative estimate of drug-likeness (QED) is 0.109. The van der Waals surface area contributed by atoms with E-state index in [1.54, 1.807) is 45.0 Å². The Morgan fingerprint density at radius 1 is 1.05 bits per heavy atom. The number of H-pyrrole nitrogens is 1. The molecule has 10 heteroatoms. The highest BCUT2D eigenvalue weighted by molar-refractivity contribution is 6.06. The first-order valence-corrected chi connectivity index (χ1v) is 14.5. The van der Waals surface area contributed by atoms with E-state index in [2.05, 4.69) is 26.3 Å². The summed E-state index contributed by atoms with van der Waals surface area (Å²) in [6, 6.07) is 13.9. The number of aromatic nitrogens is 1. The van der Waals surface area contributed by atoms with Crippen LogP contribution in [-0.4, -0.2) is 57.8 Å². The molecule has 2 fully saturated rings. The van der Waals surface area contributed by atoms with Crippen LogP contribution in [0.2, 0.25) is 0 Å². The van der Waals surface area contributed by atoms with Gasteiger partial charge in [-0.25, -0.2) is 4.79 Å². The van der Waals surface area contributed by atoms with E-state index >= 15 is 0 Å². The first kappa shape index (κ1) is 29.3. The number of rotatable bonds is 12. The van der Waals surface area contributed by atoms with E-state index in [1.165, 1.54) is 6.08 Å². The molecule has 2 aliphatic rings. The number of carbonyl (C=O) groups excluding carboxylic acids is 3. The molecular weight excluding hydrogens is 534 g/mol. The molecule has 0 aliphatic heterocycles. The highest BCUT2D eigenvalue weighted by Gasteiger charge is 2.29. The maximum Gasteiger partial charge on any atom is 0.408 e. The summed E-state index contributed by atoms with van der Waals surface area (Å²) in [4.78, 5) is 42.6. The van der Waals surface area contributed by atoms with Crippen LogP contribution in [0.5, 0.6) is 0 Å². The third-order valence-corrected chi connectivity index (χ3v) is 7.02. The molecule has 222 valence electrons. The van der Waals surface area contributed by atoms with Crippen LogP contribution in [0.25, 0.3) is 10.9 Å². The maximum atomic E-state index is 13.5. The zero-order valence-corrected chi connectivity index (χ0v) is 24.2.